The van der Waals surface area contributed by atoms with E-state index in [1.807, 2.05) is 6.92 Å². The van der Waals surface area contributed by atoms with Crippen molar-refractivity contribution in [3.63, 3.8) is 0 Å². The van der Waals surface area contributed by atoms with Gasteiger partial charge >= 0.3 is 6.18 Å². The highest BCUT2D eigenvalue weighted by atomic mass is 127. The Morgan fingerprint density at radius 3 is 2.13 bits per heavy atom. The van der Waals surface area contributed by atoms with Gasteiger partial charge in [0, 0.05) is 20.1 Å². The number of alkyl halides is 3. The van der Waals surface area contributed by atoms with Crippen LogP contribution in [0.1, 0.15) is 19.8 Å². The lowest BCUT2D eigenvalue weighted by Crippen LogP contribution is -2.39. The van der Waals surface area contributed by atoms with E-state index in [1.54, 1.807) is 0 Å². The van der Waals surface area contributed by atoms with Gasteiger partial charge in [-0.1, -0.05) is 6.92 Å². The first-order valence-electron chi connectivity index (χ1n) is 4.51. The summed E-state index contributed by atoms with van der Waals surface area (Å²) in [5.74, 6) is 0.413. The molecule has 0 rings (SSSR count). The molecule has 0 aliphatic carbocycles. The van der Waals surface area contributed by atoms with Crippen LogP contribution in [0.25, 0.3) is 0 Å². The number of aliphatic imine (C=N–C) groups is 1. The van der Waals surface area contributed by atoms with Crippen LogP contribution < -0.4 is 10.6 Å². The van der Waals surface area contributed by atoms with Crippen molar-refractivity contribution in [2.75, 3.05) is 20.1 Å². The highest BCUT2D eigenvalue weighted by Crippen LogP contribution is 2.17. The Morgan fingerprint density at radius 1 is 1.20 bits per heavy atom. The summed E-state index contributed by atoms with van der Waals surface area (Å²) in [6.45, 7) is 2.52. The average molecular weight is 339 g/mol. The lowest BCUT2D eigenvalue weighted by Gasteiger charge is -2.11. The molecule has 3 nitrogen and oxygen atoms in total. The molecule has 0 radical (unpaired) electrons. The predicted octanol–water partition coefficient (Wildman–Crippen LogP) is 2.13. The molecular formula is C8H17F3IN3. The highest BCUT2D eigenvalue weighted by Gasteiger charge is 2.26. The van der Waals surface area contributed by atoms with Crippen molar-refractivity contribution < 1.29 is 13.2 Å². The van der Waals surface area contributed by atoms with Crippen molar-refractivity contribution in [1.82, 2.24) is 10.6 Å². The molecule has 0 unspecified atom stereocenters. The van der Waals surface area contributed by atoms with Gasteiger partial charge < -0.3 is 10.6 Å². The summed E-state index contributed by atoms with van der Waals surface area (Å²) in [6.07, 6.45) is -4.06. The van der Waals surface area contributed by atoms with Gasteiger partial charge in [0.15, 0.2) is 5.96 Å². The van der Waals surface area contributed by atoms with Crippen molar-refractivity contribution in [1.29, 1.82) is 0 Å². The van der Waals surface area contributed by atoms with Crippen LogP contribution >= 0.6 is 24.0 Å². The zero-order chi connectivity index (χ0) is 11.0. The molecule has 0 atom stereocenters. The molecule has 0 amide bonds. The van der Waals surface area contributed by atoms with Gasteiger partial charge in [-0.05, 0) is 6.42 Å². The molecule has 0 aromatic carbocycles. The second-order valence-electron chi connectivity index (χ2n) is 2.79. The molecule has 0 bridgehead atoms. The minimum absolute atomic E-state index is 0. The van der Waals surface area contributed by atoms with E-state index in [1.165, 1.54) is 7.05 Å². The first kappa shape index (κ1) is 17.2. The Bertz CT molecular complexity index is 182. The monoisotopic (exact) mass is 339 g/mol. The number of hydrogen-bond donors (Lipinski definition) is 2. The molecule has 0 saturated heterocycles. The van der Waals surface area contributed by atoms with Crippen LogP contribution in [0.5, 0.6) is 0 Å². The lowest BCUT2D eigenvalue weighted by molar-refractivity contribution is -0.132. The second kappa shape index (κ2) is 9.05. The van der Waals surface area contributed by atoms with Gasteiger partial charge in [-0.2, -0.15) is 13.2 Å². The quantitative estimate of drug-likeness (QED) is 0.468. The van der Waals surface area contributed by atoms with Crippen molar-refractivity contribution in [2.45, 2.75) is 25.9 Å². The van der Waals surface area contributed by atoms with Crippen molar-refractivity contribution in [3.05, 3.63) is 0 Å². The van der Waals surface area contributed by atoms with Crippen LogP contribution in [0.4, 0.5) is 13.2 Å². The molecule has 0 aliphatic heterocycles. The normalized spacial score (nSPS) is 11.9. The Labute approximate surface area is 105 Å². The van der Waals surface area contributed by atoms with E-state index in [4.69, 9.17) is 0 Å². The molecule has 0 aromatic rings. The van der Waals surface area contributed by atoms with Crippen molar-refractivity contribution in [2.24, 2.45) is 4.99 Å². The number of nitrogens with one attached hydrogen (secondary N) is 2. The number of hydrogen-bond acceptors (Lipinski definition) is 1. The van der Waals surface area contributed by atoms with Crippen molar-refractivity contribution in [3.8, 4) is 0 Å². The minimum Gasteiger partial charge on any atom is -0.356 e. The maximum Gasteiger partial charge on any atom is 0.390 e. The Morgan fingerprint density at radius 2 is 1.73 bits per heavy atom. The fraction of sp³-hybridized carbons (Fsp3) is 0.875. The Hall–Kier alpha value is -0.210. The lowest BCUT2D eigenvalue weighted by atomic mass is 10.4. The van der Waals surface area contributed by atoms with Gasteiger partial charge in [0.1, 0.15) is 0 Å². The number of rotatable bonds is 4. The molecule has 2 N–H and O–H groups in total. The summed E-state index contributed by atoms with van der Waals surface area (Å²) in [5, 5.41) is 5.46. The van der Waals surface area contributed by atoms with E-state index in [9.17, 15) is 13.2 Å². The van der Waals surface area contributed by atoms with Gasteiger partial charge in [-0.25, -0.2) is 0 Å². The predicted molar refractivity (Wildman–Crippen MR) is 65.7 cm³/mol. The van der Waals surface area contributed by atoms with E-state index in [-0.39, 0.29) is 30.5 Å². The SMILES string of the molecule is CCCNC(=NC)NCCC(F)(F)F.I. The summed E-state index contributed by atoms with van der Waals surface area (Å²) in [4.78, 5) is 3.77. The third kappa shape index (κ3) is 11.7. The van der Waals surface area contributed by atoms with Crippen LogP contribution in [0.15, 0.2) is 4.99 Å². The molecule has 7 heteroatoms. The number of nitrogens with zero attached hydrogens (tertiary/aromatic N) is 1. The smallest absolute Gasteiger partial charge is 0.356 e. The molecule has 0 spiro atoms. The summed E-state index contributed by atoms with van der Waals surface area (Å²) in [7, 11) is 1.53. The third-order valence-corrected chi connectivity index (χ3v) is 1.47. The topological polar surface area (TPSA) is 36.4 Å². The van der Waals surface area contributed by atoms with Crippen LogP contribution in [-0.4, -0.2) is 32.3 Å². The van der Waals surface area contributed by atoms with E-state index in [2.05, 4.69) is 15.6 Å². The summed E-state index contributed by atoms with van der Waals surface area (Å²) in [6, 6.07) is 0. The van der Waals surface area contributed by atoms with Crippen molar-refractivity contribution >= 4 is 29.9 Å². The fourth-order valence-corrected chi connectivity index (χ4v) is 0.787. The molecule has 0 heterocycles. The van der Waals surface area contributed by atoms with Crippen LogP contribution in [0, 0.1) is 0 Å². The molecular weight excluding hydrogens is 322 g/mol. The van der Waals surface area contributed by atoms with E-state index >= 15 is 0 Å². The van der Waals surface area contributed by atoms with E-state index < -0.39 is 12.6 Å². The van der Waals surface area contributed by atoms with E-state index in [0.29, 0.717) is 12.5 Å². The third-order valence-electron chi connectivity index (χ3n) is 1.47. The summed E-state index contributed by atoms with van der Waals surface area (Å²) < 4.78 is 35.3. The summed E-state index contributed by atoms with van der Waals surface area (Å²) >= 11 is 0. The average Bonchev–Trinajstić information content (AvgIpc) is 2.09. The van der Waals surface area contributed by atoms with Crippen LogP contribution in [0.2, 0.25) is 0 Å². The fourth-order valence-electron chi connectivity index (χ4n) is 0.787. The second-order valence-corrected chi connectivity index (χ2v) is 2.79. The van der Waals surface area contributed by atoms with E-state index in [0.717, 1.165) is 6.42 Å². The molecule has 0 saturated carbocycles. The molecule has 0 aliphatic rings. The summed E-state index contributed by atoms with van der Waals surface area (Å²) in [5.41, 5.74) is 0. The highest BCUT2D eigenvalue weighted by molar-refractivity contribution is 14.0. The zero-order valence-corrected chi connectivity index (χ0v) is 11.1. The first-order chi connectivity index (χ1) is 6.49. The molecule has 0 fully saturated rings. The molecule has 0 aromatic heterocycles. The standard InChI is InChI=1S/C8H16F3N3.HI/c1-3-5-13-7(12-2)14-6-4-8(9,10)11;/h3-6H2,1-2H3,(H2,12,13,14);1H. The first-order valence-corrected chi connectivity index (χ1v) is 4.51. The number of halogens is 4. The molecule has 92 valence electrons. The van der Waals surface area contributed by atoms with Gasteiger partial charge in [-0.15, -0.1) is 24.0 Å². The number of guanidine groups is 1. The maximum absolute atomic E-state index is 11.8. The van der Waals surface area contributed by atoms with Gasteiger partial charge in [0.05, 0.1) is 6.42 Å². The largest absolute Gasteiger partial charge is 0.390 e. The van der Waals surface area contributed by atoms with Gasteiger partial charge in [0.2, 0.25) is 0 Å². The Balaban J connectivity index is 0. The van der Waals surface area contributed by atoms with Crippen LogP contribution in [0.3, 0.4) is 0 Å². The zero-order valence-electron chi connectivity index (χ0n) is 8.82. The van der Waals surface area contributed by atoms with Crippen LogP contribution in [-0.2, 0) is 0 Å². The minimum atomic E-state index is -4.11. The van der Waals surface area contributed by atoms with Gasteiger partial charge in [-0.3, -0.25) is 4.99 Å². The Kier molecular flexibility index (Phi) is 10.4. The molecule has 15 heavy (non-hydrogen) atoms. The maximum atomic E-state index is 11.8. The van der Waals surface area contributed by atoms with Gasteiger partial charge in [0.25, 0.3) is 0 Å².